The van der Waals surface area contributed by atoms with Crippen LogP contribution >= 0.6 is 0 Å². The summed E-state index contributed by atoms with van der Waals surface area (Å²) in [5.41, 5.74) is 9.37. The third-order valence-electron chi connectivity index (χ3n) is 8.23. The van der Waals surface area contributed by atoms with Crippen molar-refractivity contribution in [2.75, 3.05) is 0 Å². The summed E-state index contributed by atoms with van der Waals surface area (Å²) in [6, 6.07) is 48.4. The molecule has 0 spiro atoms. The number of nitrogens with one attached hydrogen (secondary N) is 1. The lowest BCUT2D eigenvalue weighted by atomic mass is 10.1. The van der Waals surface area contributed by atoms with Gasteiger partial charge in [-0.15, -0.1) is 0 Å². The first-order valence-electron chi connectivity index (χ1n) is 13.4. The summed E-state index contributed by atoms with van der Waals surface area (Å²) in [6.45, 7) is 0. The molecular formula is C36H23N3. The molecule has 6 aromatic carbocycles. The van der Waals surface area contributed by atoms with Crippen LogP contribution in [0.4, 0.5) is 0 Å². The fraction of sp³-hybridized carbons (Fsp3) is 0. The molecule has 0 bridgehead atoms. The lowest BCUT2D eigenvalue weighted by Gasteiger charge is -2.17. The maximum Gasteiger partial charge on any atom is 0.0723 e. The van der Waals surface area contributed by atoms with Gasteiger partial charge in [-0.25, -0.2) is 0 Å². The van der Waals surface area contributed by atoms with E-state index in [1.807, 2.05) is 0 Å². The Morgan fingerprint density at radius 2 is 1.00 bits per heavy atom. The van der Waals surface area contributed by atoms with Gasteiger partial charge in [-0.2, -0.15) is 0 Å². The number of aromatic nitrogens is 3. The molecule has 0 aliphatic carbocycles. The largest absolute Gasteiger partial charge is 0.354 e. The number of benzene rings is 6. The first kappa shape index (κ1) is 20.7. The summed E-state index contributed by atoms with van der Waals surface area (Å²) in [4.78, 5) is 3.70. The van der Waals surface area contributed by atoms with Crippen LogP contribution in [0.5, 0.6) is 0 Å². The number of hydrogen-bond acceptors (Lipinski definition) is 0. The molecule has 1 N–H and O–H groups in total. The van der Waals surface area contributed by atoms with E-state index in [1.165, 1.54) is 54.4 Å². The van der Waals surface area contributed by atoms with Crippen LogP contribution < -0.4 is 0 Å². The Hall–Kier alpha value is -5.28. The standard InChI is InChI=1S/C36H23N3/c1-2-11-23(12-3-1)38-32-19-8-5-14-25(32)27-16-10-17-28-26-15-6-9-20-33(26)39(36(27)28)34-21-29-24-13-4-7-18-30(24)37-31(29)22-35(34)38/h1-22,37H. The molecule has 0 atom stereocenters. The zero-order valence-electron chi connectivity index (χ0n) is 21.1. The van der Waals surface area contributed by atoms with E-state index in [-0.39, 0.29) is 0 Å². The second-order valence-corrected chi connectivity index (χ2v) is 10.3. The highest BCUT2D eigenvalue weighted by Gasteiger charge is 2.17. The van der Waals surface area contributed by atoms with Crippen LogP contribution in [-0.4, -0.2) is 14.0 Å². The quantitative estimate of drug-likeness (QED) is 0.234. The van der Waals surface area contributed by atoms with E-state index in [4.69, 9.17) is 0 Å². The SMILES string of the molecule is c1ccc(-n2c3ccccc3c3cccc4c5ccccc5n(c5cc6c(cc52)[nH]c2ccccc26)c34)cc1. The number of H-pyrrole nitrogens is 1. The van der Waals surface area contributed by atoms with Gasteiger partial charge in [0, 0.05) is 49.0 Å². The molecule has 3 heterocycles. The Morgan fingerprint density at radius 1 is 0.385 bits per heavy atom. The smallest absolute Gasteiger partial charge is 0.0723 e. The van der Waals surface area contributed by atoms with Crippen molar-refractivity contribution in [1.29, 1.82) is 0 Å². The molecule has 39 heavy (non-hydrogen) atoms. The van der Waals surface area contributed by atoms with Gasteiger partial charge in [0.25, 0.3) is 0 Å². The molecule has 0 amide bonds. The van der Waals surface area contributed by atoms with Crippen molar-refractivity contribution in [1.82, 2.24) is 14.0 Å². The average molecular weight is 498 g/mol. The van der Waals surface area contributed by atoms with Crippen LogP contribution in [0.25, 0.3) is 76.6 Å². The van der Waals surface area contributed by atoms with E-state index >= 15 is 0 Å². The molecule has 0 saturated heterocycles. The van der Waals surface area contributed by atoms with Crippen molar-refractivity contribution < 1.29 is 0 Å². The number of nitrogens with zero attached hydrogens (tertiary/aromatic N) is 2. The van der Waals surface area contributed by atoms with Crippen LogP contribution in [0.1, 0.15) is 0 Å². The van der Waals surface area contributed by atoms with E-state index in [1.54, 1.807) is 0 Å². The van der Waals surface area contributed by atoms with Gasteiger partial charge in [-0.05, 0) is 42.5 Å². The number of aromatic amines is 1. The minimum Gasteiger partial charge on any atom is -0.354 e. The summed E-state index contributed by atoms with van der Waals surface area (Å²) in [5, 5.41) is 7.48. The number of para-hydroxylation sites is 5. The predicted octanol–water partition coefficient (Wildman–Crippen LogP) is 9.54. The van der Waals surface area contributed by atoms with Crippen LogP contribution in [-0.2, 0) is 0 Å². The molecule has 9 rings (SSSR count). The second-order valence-electron chi connectivity index (χ2n) is 10.3. The first-order valence-corrected chi connectivity index (χ1v) is 13.4. The molecule has 0 fully saturated rings. The van der Waals surface area contributed by atoms with Crippen molar-refractivity contribution in [3.05, 3.63) is 133 Å². The number of fused-ring (bicyclic) bond motifs is 10. The van der Waals surface area contributed by atoms with Gasteiger partial charge >= 0.3 is 0 Å². The summed E-state index contributed by atoms with van der Waals surface area (Å²) in [7, 11) is 0. The van der Waals surface area contributed by atoms with Crippen molar-refractivity contribution in [3.8, 4) is 5.69 Å². The third-order valence-corrected chi connectivity index (χ3v) is 8.23. The fourth-order valence-electron chi connectivity index (χ4n) is 6.60. The molecule has 182 valence electrons. The molecule has 3 aromatic heterocycles. The Balaban J connectivity index is 1.71. The molecule has 9 aromatic rings. The minimum absolute atomic E-state index is 1.13. The topological polar surface area (TPSA) is 25.1 Å². The van der Waals surface area contributed by atoms with Gasteiger partial charge in [0.2, 0.25) is 0 Å². The predicted molar refractivity (Wildman–Crippen MR) is 165 cm³/mol. The van der Waals surface area contributed by atoms with Gasteiger partial charge in [-0.3, -0.25) is 0 Å². The highest BCUT2D eigenvalue weighted by molar-refractivity contribution is 6.21. The fourth-order valence-corrected chi connectivity index (χ4v) is 6.60. The van der Waals surface area contributed by atoms with Crippen molar-refractivity contribution in [3.63, 3.8) is 0 Å². The van der Waals surface area contributed by atoms with E-state index < -0.39 is 0 Å². The van der Waals surface area contributed by atoms with Crippen molar-refractivity contribution >= 4 is 70.9 Å². The Bertz CT molecular complexity index is 2440. The number of hydrogen-bond donors (Lipinski definition) is 1. The van der Waals surface area contributed by atoms with Gasteiger partial charge in [0.15, 0.2) is 0 Å². The highest BCUT2D eigenvalue weighted by atomic mass is 15.0. The van der Waals surface area contributed by atoms with Crippen LogP contribution in [0.3, 0.4) is 0 Å². The lowest BCUT2D eigenvalue weighted by molar-refractivity contribution is 1.16. The van der Waals surface area contributed by atoms with Crippen molar-refractivity contribution in [2.45, 2.75) is 0 Å². The first-order chi connectivity index (χ1) is 19.4. The number of rotatable bonds is 1. The molecule has 0 saturated carbocycles. The van der Waals surface area contributed by atoms with Crippen LogP contribution in [0.2, 0.25) is 0 Å². The monoisotopic (exact) mass is 497 g/mol. The highest BCUT2D eigenvalue weighted by Crippen LogP contribution is 2.39. The summed E-state index contributed by atoms with van der Waals surface area (Å²) < 4.78 is 4.91. The average Bonchev–Trinajstić information content (AvgIpc) is 3.52. The second kappa shape index (κ2) is 7.62. The van der Waals surface area contributed by atoms with Gasteiger partial charge in [0.1, 0.15) is 0 Å². The summed E-state index contributed by atoms with van der Waals surface area (Å²) >= 11 is 0. The van der Waals surface area contributed by atoms with Gasteiger partial charge < -0.3 is 14.0 Å². The van der Waals surface area contributed by atoms with Crippen LogP contribution in [0, 0.1) is 0 Å². The maximum absolute atomic E-state index is 3.70. The van der Waals surface area contributed by atoms with Gasteiger partial charge in [-0.1, -0.05) is 91.0 Å². The maximum atomic E-state index is 3.70. The van der Waals surface area contributed by atoms with E-state index in [2.05, 4.69) is 147 Å². The Kier molecular flexibility index (Phi) is 4.05. The lowest BCUT2D eigenvalue weighted by Crippen LogP contribution is -2.01. The van der Waals surface area contributed by atoms with Crippen molar-refractivity contribution in [2.24, 2.45) is 0 Å². The molecule has 0 radical (unpaired) electrons. The van der Waals surface area contributed by atoms with Gasteiger partial charge in [0.05, 0.1) is 27.6 Å². The normalized spacial score (nSPS) is 12.1. The minimum atomic E-state index is 1.13. The van der Waals surface area contributed by atoms with Crippen LogP contribution in [0.15, 0.2) is 133 Å². The molecule has 3 heteroatoms. The molecule has 0 unspecified atom stereocenters. The molecular weight excluding hydrogens is 474 g/mol. The zero-order valence-corrected chi connectivity index (χ0v) is 21.1. The van der Waals surface area contributed by atoms with E-state index in [0.29, 0.717) is 0 Å². The summed E-state index contributed by atoms with van der Waals surface area (Å²) in [5.74, 6) is 0. The Labute approximate surface area is 223 Å². The molecule has 0 aliphatic heterocycles. The Morgan fingerprint density at radius 3 is 1.79 bits per heavy atom. The molecule has 3 nitrogen and oxygen atoms in total. The zero-order chi connectivity index (χ0) is 25.5. The van der Waals surface area contributed by atoms with E-state index in [9.17, 15) is 0 Å². The van der Waals surface area contributed by atoms with E-state index in [0.717, 1.165) is 22.2 Å². The molecule has 0 aliphatic rings. The third kappa shape index (κ3) is 2.76. The summed E-state index contributed by atoms with van der Waals surface area (Å²) in [6.07, 6.45) is 0.